The first kappa shape index (κ1) is 12.3. The van der Waals surface area contributed by atoms with Crippen molar-refractivity contribution in [1.29, 1.82) is 0 Å². The summed E-state index contributed by atoms with van der Waals surface area (Å²) in [5, 5.41) is 24.0. The van der Waals surface area contributed by atoms with Crippen LogP contribution in [0.3, 0.4) is 0 Å². The van der Waals surface area contributed by atoms with Gasteiger partial charge in [0.1, 0.15) is 6.20 Å². The number of anilines is 1. The second kappa shape index (κ2) is 4.28. The van der Waals surface area contributed by atoms with E-state index in [1.54, 1.807) is 18.9 Å². The number of hydrogen-bond donors (Lipinski definition) is 1. The lowest BCUT2D eigenvalue weighted by atomic mass is 10.0. The largest absolute Gasteiger partial charge is 0.481 e. The Bertz CT molecular complexity index is 498. The van der Waals surface area contributed by atoms with Crippen molar-refractivity contribution in [2.75, 3.05) is 11.4 Å². The van der Waals surface area contributed by atoms with Crippen LogP contribution < -0.4 is 4.90 Å². The molecule has 0 spiro atoms. The predicted molar refractivity (Wildman–Crippen MR) is 62.4 cm³/mol. The smallest absolute Gasteiger partial charge is 0.330 e. The Morgan fingerprint density at radius 1 is 1.67 bits per heavy atom. The average molecular weight is 254 g/mol. The van der Waals surface area contributed by atoms with E-state index < -0.39 is 16.8 Å². The van der Waals surface area contributed by atoms with Crippen LogP contribution in [-0.4, -0.2) is 38.4 Å². The van der Waals surface area contributed by atoms with Crippen LogP contribution in [0, 0.1) is 16.0 Å². The number of carbonyl (C=O) groups is 1. The fourth-order valence-electron chi connectivity index (χ4n) is 2.37. The number of aromatic nitrogens is 2. The summed E-state index contributed by atoms with van der Waals surface area (Å²) in [6.45, 7) is 2.22. The van der Waals surface area contributed by atoms with Gasteiger partial charge in [-0.2, -0.15) is 0 Å². The lowest BCUT2D eigenvalue weighted by Crippen LogP contribution is -2.33. The predicted octanol–water partition coefficient (Wildman–Crippen LogP) is 0.628. The zero-order valence-corrected chi connectivity index (χ0v) is 10.1. The molecule has 1 aromatic rings. The van der Waals surface area contributed by atoms with Crippen molar-refractivity contribution >= 4 is 17.5 Å². The second-order valence-electron chi connectivity index (χ2n) is 4.44. The van der Waals surface area contributed by atoms with Gasteiger partial charge in [-0.1, -0.05) is 0 Å². The summed E-state index contributed by atoms with van der Waals surface area (Å²) >= 11 is 0. The number of nitrogens with zero attached hydrogens (tertiary/aromatic N) is 4. The van der Waals surface area contributed by atoms with Crippen molar-refractivity contribution in [2.24, 2.45) is 13.0 Å². The van der Waals surface area contributed by atoms with Gasteiger partial charge in [-0.05, 0) is 13.3 Å². The first-order chi connectivity index (χ1) is 8.41. The van der Waals surface area contributed by atoms with Gasteiger partial charge < -0.3 is 10.0 Å². The van der Waals surface area contributed by atoms with Gasteiger partial charge in [0.2, 0.25) is 5.82 Å². The molecule has 0 saturated carbocycles. The molecule has 2 rings (SSSR count). The van der Waals surface area contributed by atoms with Crippen molar-refractivity contribution in [2.45, 2.75) is 19.4 Å². The Morgan fingerprint density at radius 3 is 2.83 bits per heavy atom. The minimum atomic E-state index is -0.872. The SMILES string of the molecule is CC1C(C(=O)O)CCN1c1nn(C)cc1[N+](=O)[O-]. The lowest BCUT2D eigenvalue weighted by molar-refractivity contribution is -0.384. The van der Waals surface area contributed by atoms with Gasteiger partial charge in [-0.3, -0.25) is 19.6 Å². The number of nitro groups is 1. The zero-order chi connectivity index (χ0) is 13.4. The van der Waals surface area contributed by atoms with Crippen molar-refractivity contribution in [3.8, 4) is 0 Å². The molecule has 0 aromatic carbocycles. The molecule has 8 heteroatoms. The van der Waals surface area contributed by atoms with Gasteiger partial charge in [0.25, 0.3) is 0 Å². The van der Waals surface area contributed by atoms with E-state index >= 15 is 0 Å². The molecule has 1 aliphatic heterocycles. The fourth-order valence-corrected chi connectivity index (χ4v) is 2.37. The molecule has 8 nitrogen and oxygen atoms in total. The average Bonchev–Trinajstić information content (AvgIpc) is 2.81. The van der Waals surface area contributed by atoms with Crippen LogP contribution in [0.15, 0.2) is 6.20 Å². The van der Waals surface area contributed by atoms with Gasteiger partial charge >= 0.3 is 11.7 Å². The van der Waals surface area contributed by atoms with Crippen LogP contribution in [-0.2, 0) is 11.8 Å². The Balaban J connectivity index is 2.33. The summed E-state index contributed by atoms with van der Waals surface area (Å²) in [5.74, 6) is -1.13. The Labute approximate surface area is 103 Å². The minimum absolute atomic E-state index is 0.0876. The molecule has 1 aromatic heterocycles. The zero-order valence-electron chi connectivity index (χ0n) is 10.1. The van der Waals surface area contributed by atoms with Gasteiger partial charge in [0.15, 0.2) is 0 Å². The Morgan fingerprint density at radius 2 is 2.33 bits per heavy atom. The summed E-state index contributed by atoms with van der Waals surface area (Å²) in [4.78, 5) is 23.1. The van der Waals surface area contributed by atoms with Crippen LogP contribution in [0.4, 0.5) is 11.5 Å². The minimum Gasteiger partial charge on any atom is -0.481 e. The molecule has 1 saturated heterocycles. The standard InChI is InChI=1S/C10H14N4O4/c1-6-7(10(15)16)3-4-13(6)9-8(14(17)18)5-12(2)11-9/h5-7H,3-4H2,1-2H3,(H,15,16). The van der Waals surface area contributed by atoms with E-state index in [4.69, 9.17) is 5.11 Å². The number of hydrogen-bond acceptors (Lipinski definition) is 5. The Kier molecular flexibility index (Phi) is 2.93. The van der Waals surface area contributed by atoms with Gasteiger partial charge in [-0.15, -0.1) is 5.10 Å². The molecule has 1 aliphatic rings. The van der Waals surface area contributed by atoms with E-state index in [0.29, 0.717) is 13.0 Å². The molecule has 2 heterocycles. The van der Waals surface area contributed by atoms with E-state index in [0.717, 1.165) is 0 Å². The number of rotatable bonds is 3. The van der Waals surface area contributed by atoms with E-state index in [-0.39, 0.29) is 17.5 Å². The quantitative estimate of drug-likeness (QED) is 0.627. The second-order valence-corrected chi connectivity index (χ2v) is 4.44. The number of aliphatic carboxylic acids is 1. The van der Waals surface area contributed by atoms with Crippen LogP contribution >= 0.6 is 0 Å². The molecular formula is C10H14N4O4. The van der Waals surface area contributed by atoms with Gasteiger partial charge in [0, 0.05) is 19.6 Å². The summed E-state index contributed by atoms with van der Waals surface area (Å²) in [6, 6.07) is -0.295. The highest BCUT2D eigenvalue weighted by Crippen LogP contribution is 2.34. The lowest BCUT2D eigenvalue weighted by Gasteiger charge is -2.22. The van der Waals surface area contributed by atoms with Crippen molar-refractivity contribution in [1.82, 2.24) is 9.78 Å². The van der Waals surface area contributed by atoms with E-state index in [1.807, 2.05) is 0 Å². The monoisotopic (exact) mass is 254 g/mol. The summed E-state index contributed by atoms with van der Waals surface area (Å²) in [6.07, 6.45) is 1.81. The topological polar surface area (TPSA) is 102 Å². The van der Waals surface area contributed by atoms with E-state index in [2.05, 4.69) is 5.10 Å². The van der Waals surface area contributed by atoms with Crippen molar-refractivity contribution in [3.63, 3.8) is 0 Å². The molecule has 98 valence electrons. The first-order valence-corrected chi connectivity index (χ1v) is 5.59. The van der Waals surface area contributed by atoms with Crippen molar-refractivity contribution < 1.29 is 14.8 Å². The summed E-state index contributed by atoms with van der Waals surface area (Å²) in [7, 11) is 1.60. The number of carboxylic acids is 1. The molecule has 18 heavy (non-hydrogen) atoms. The molecule has 1 N–H and O–H groups in total. The van der Waals surface area contributed by atoms with Gasteiger partial charge in [-0.25, -0.2) is 0 Å². The maximum Gasteiger partial charge on any atom is 0.330 e. The molecule has 0 amide bonds. The van der Waals surface area contributed by atoms with E-state index in [9.17, 15) is 14.9 Å². The molecule has 1 fully saturated rings. The molecule has 2 unspecified atom stereocenters. The normalized spacial score (nSPS) is 23.3. The highest BCUT2D eigenvalue weighted by molar-refractivity contribution is 5.73. The third-order valence-corrected chi connectivity index (χ3v) is 3.33. The Hall–Kier alpha value is -2.12. The maximum atomic E-state index is 11.0. The molecule has 0 bridgehead atoms. The number of aryl methyl sites for hydroxylation is 1. The molecule has 0 aliphatic carbocycles. The third-order valence-electron chi connectivity index (χ3n) is 3.33. The van der Waals surface area contributed by atoms with Gasteiger partial charge in [0.05, 0.1) is 10.8 Å². The summed E-state index contributed by atoms with van der Waals surface area (Å²) in [5.41, 5.74) is -0.0876. The summed E-state index contributed by atoms with van der Waals surface area (Å²) < 4.78 is 1.37. The molecule has 0 radical (unpaired) electrons. The highest BCUT2D eigenvalue weighted by Gasteiger charge is 2.39. The van der Waals surface area contributed by atoms with Crippen LogP contribution in [0.25, 0.3) is 0 Å². The molecular weight excluding hydrogens is 240 g/mol. The van der Waals surface area contributed by atoms with Crippen LogP contribution in [0.1, 0.15) is 13.3 Å². The fraction of sp³-hybridized carbons (Fsp3) is 0.600. The maximum absolute atomic E-state index is 11.0. The third kappa shape index (κ3) is 1.89. The first-order valence-electron chi connectivity index (χ1n) is 5.59. The van der Waals surface area contributed by atoms with Crippen molar-refractivity contribution in [3.05, 3.63) is 16.3 Å². The van der Waals surface area contributed by atoms with Crippen LogP contribution in [0.5, 0.6) is 0 Å². The molecule has 2 atom stereocenters. The van der Waals surface area contributed by atoms with E-state index in [1.165, 1.54) is 10.9 Å². The highest BCUT2D eigenvalue weighted by atomic mass is 16.6. The number of carboxylic acid groups (broad SMARTS) is 1. The van der Waals surface area contributed by atoms with Crippen LogP contribution in [0.2, 0.25) is 0 Å².